The number of nitrogens with two attached hydrogens (primary N) is 4. The first-order valence-corrected chi connectivity index (χ1v) is 20.8. The standard InChI is InChI=1S/C41H59BF3N9O8/c1-21(55)31(52-34(57)28(16-18-47)50-33(56)24-10-8-22(9-11-24)23-12-14-25(15-13-23)41(43,44)45)36(59)53-32(48)37(60)51-27(7-5-6-17-46)35(58)54-38(49)42-61-30-20-26-19-29(39(26,2)3)40(30,4)62-42/h8-15,21,26-32,38,55H,5-7,16-20,46-49H2,1-4H3,(H,50,56)(H,51,60)(H,52,57)(H,53,59)(H,54,58)/t21-,26+,27+,28+,29+,30?,31+,32-,38-,40+/m1/s1. The second-order valence-corrected chi connectivity index (χ2v) is 17.2. The quantitative estimate of drug-likeness (QED) is 0.0521. The van der Waals surface area contributed by atoms with Gasteiger partial charge in [0, 0.05) is 5.56 Å². The fourth-order valence-corrected chi connectivity index (χ4v) is 8.72. The van der Waals surface area contributed by atoms with E-state index < -0.39 is 90.5 Å². The van der Waals surface area contributed by atoms with Crippen LogP contribution in [0.25, 0.3) is 11.1 Å². The van der Waals surface area contributed by atoms with Crippen molar-refractivity contribution in [2.45, 2.75) is 121 Å². The van der Waals surface area contributed by atoms with Crippen molar-refractivity contribution in [3.05, 3.63) is 59.7 Å². The van der Waals surface area contributed by atoms with Crippen molar-refractivity contribution in [1.82, 2.24) is 26.6 Å². The normalized spacial score (nSPS) is 24.2. The molecule has 0 radical (unpaired) electrons. The van der Waals surface area contributed by atoms with Crippen LogP contribution >= 0.6 is 0 Å². The SMILES string of the molecule is C[C@@H](O)[C@H](NC(=O)[C@H](CCN)NC(=O)c1ccc(-c2ccc(C(F)(F)F)cc2)cc1)C(=O)N[C@@H](N)C(=O)N[C@@H](CCCCN)C(=O)N[C@@H](N)B1OC2C[C@@H]3C[C@@H](C3(C)C)[C@]2(C)O1. The molecular weight excluding hydrogens is 814 g/mol. The Morgan fingerprint density at radius 1 is 0.790 bits per heavy atom. The molecule has 6 rings (SSSR count). The van der Waals surface area contributed by atoms with Crippen LogP contribution in [0.1, 0.15) is 82.1 Å². The number of amides is 5. The summed E-state index contributed by atoms with van der Waals surface area (Å²) < 4.78 is 51.5. The van der Waals surface area contributed by atoms with E-state index >= 15 is 0 Å². The maximum atomic E-state index is 13.5. The van der Waals surface area contributed by atoms with E-state index in [1.165, 1.54) is 43.3 Å². The molecule has 4 fully saturated rings. The summed E-state index contributed by atoms with van der Waals surface area (Å²) in [7, 11) is -0.924. The zero-order chi connectivity index (χ0) is 45.7. The molecule has 10 atom stereocenters. The third-order valence-corrected chi connectivity index (χ3v) is 12.6. The highest BCUT2D eigenvalue weighted by molar-refractivity contribution is 6.47. The van der Waals surface area contributed by atoms with E-state index in [9.17, 15) is 42.3 Å². The molecule has 2 aromatic rings. The van der Waals surface area contributed by atoms with Crippen molar-refractivity contribution in [2.24, 2.45) is 40.2 Å². The lowest BCUT2D eigenvalue weighted by molar-refractivity contribution is -0.199. The van der Waals surface area contributed by atoms with Crippen molar-refractivity contribution in [2.75, 3.05) is 13.1 Å². The Hall–Kier alpha value is -4.64. The van der Waals surface area contributed by atoms with Crippen molar-refractivity contribution in [3.63, 3.8) is 0 Å². The number of aliphatic hydroxyl groups is 1. The highest BCUT2D eigenvalue weighted by atomic mass is 19.4. The third kappa shape index (κ3) is 10.9. The van der Waals surface area contributed by atoms with Crippen molar-refractivity contribution in [1.29, 1.82) is 0 Å². The van der Waals surface area contributed by atoms with Gasteiger partial charge in [0.2, 0.25) is 17.7 Å². The maximum Gasteiger partial charge on any atom is 0.497 e. The van der Waals surface area contributed by atoms with Gasteiger partial charge in [-0.3, -0.25) is 24.0 Å². The maximum absolute atomic E-state index is 13.5. The zero-order valence-electron chi connectivity index (χ0n) is 35.3. The average molecular weight is 874 g/mol. The van der Waals surface area contributed by atoms with E-state index in [0.29, 0.717) is 36.4 Å². The van der Waals surface area contributed by atoms with Crippen LogP contribution in [0.15, 0.2) is 48.5 Å². The van der Waals surface area contributed by atoms with E-state index in [1.807, 2.05) is 6.92 Å². The molecule has 3 saturated carbocycles. The van der Waals surface area contributed by atoms with E-state index in [1.54, 1.807) is 0 Å². The third-order valence-electron chi connectivity index (χ3n) is 12.6. The number of alkyl halides is 3. The zero-order valence-corrected chi connectivity index (χ0v) is 35.3. The van der Waals surface area contributed by atoms with Crippen LogP contribution in [-0.4, -0.2) is 103 Å². The van der Waals surface area contributed by atoms with Crippen LogP contribution in [0.4, 0.5) is 13.2 Å². The molecule has 3 aliphatic carbocycles. The van der Waals surface area contributed by atoms with E-state index in [4.69, 9.17) is 32.2 Å². The monoisotopic (exact) mass is 873 g/mol. The molecule has 1 heterocycles. The van der Waals surface area contributed by atoms with Gasteiger partial charge in [-0.05, 0) is 118 Å². The lowest BCUT2D eigenvalue weighted by atomic mass is 9.43. The topological polar surface area (TPSA) is 288 Å². The summed E-state index contributed by atoms with van der Waals surface area (Å²) in [5.41, 5.74) is 23.7. The number of carbonyl (C=O) groups is 5. The summed E-state index contributed by atoms with van der Waals surface area (Å²) in [4.78, 5) is 66.8. The van der Waals surface area contributed by atoms with E-state index in [2.05, 4.69) is 40.4 Å². The number of hydrogen-bond acceptors (Lipinski definition) is 12. The molecule has 5 amide bonds. The molecule has 0 spiro atoms. The number of hydrogen-bond donors (Lipinski definition) is 10. The summed E-state index contributed by atoms with van der Waals surface area (Å²) in [5.74, 6) is -3.46. The van der Waals surface area contributed by atoms with Crippen molar-refractivity contribution < 1.29 is 51.6 Å². The highest BCUT2D eigenvalue weighted by Crippen LogP contribution is 2.65. The Kier molecular flexibility index (Phi) is 15.5. The molecule has 2 bridgehead atoms. The summed E-state index contributed by atoms with van der Waals surface area (Å²) >= 11 is 0. The summed E-state index contributed by atoms with van der Waals surface area (Å²) in [6.45, 7) is 7.95. The van der Waals surface area contributed by atoms with Gasteiger partial charge in [0.15, 0.2) is 6.17 Å². The van der Waals surface area contributed by atoms with Gasteiger partial charge in [-0.1, -0.05) is 38.1 Å². The number of unbranched alkanes of at least 4 members (excludes halogenated alkanes) is 1. The summed E-state index contributed by atoms with van der Waals surface area (Å²) in [5, 5.41) is 22.9. The molecule has 21 heteroatoms. The van der Waals surface area contributed by atoms with Crippen LogP contribution in [0.2, 0.25) is 0 Å². The van der Waals surface area contributed by atoms with Crippen LogP contribution in [-0.2, 0) is 34.7 Å². The molecule has 340 valence electrons. The van der Waals surface area contributed by atoms with Gasteiger partial charge in [0.05, 0.1) is 23.4 Å². The fraction of sp³-hybridized carbons (Fsp3) is 0.585. The molecule has 1 saturated heterocycles. The first kappa shape index (κ1) is 48.4. The highest BCUT2D eigenvalue weighted by Gasteiger charge is 2.68. The minimum atomic E-state index is -4.49. The number of nitrogens with one attached hydrogen (secondary N) is 5. The van der Waals surface area contributed by atoms with Gasteiger partial charge in [-0.15, -0.1) is 0 Å². The molecule has 2 aromatic carbocycles. The molecule has 0 aromatic heterocycles. The van der Waals surface area contributed by atoms with Crippen molar-refractivity contribution >= 4 is 36.7 Å². The van der Waals surface area contributed by atoms with Crippen molar-refractivity contribution in [3.8, 4) is 11.1 Å². The Bertz CT molecular complexity index is 1930. The lowest BCUT2D eigenvalue weighted by Crippen LogP contribution is -2.65. The number of halogens is 3. The minimum absolute atomic E-state index is 0.0629. The average Bonchev–Trinajstić information content (AvgIpc) is 3.59. The Morgan fingerprint density at radius 2 is 1.39 bits per heavy atom. The minimum Gasteiger partial charge on any atom is -0.403 e. The predicted molar refractivity (Wildman–Crippen MR) is 223 cm³/mol. The van der Waals surface area contributed by atoms with Crippen LogP contribution in [0, 0.1) is 17.3 Å². The van der Waals surface area contributed by atoms with Gasteiger partial charge in [-0.2, -0.15) is 13.2 Å². The largest absolute Gasteiger partial charge is 0.497 e. The van der Waals surface area contributed by atoms with Crippen LogP contribution in [0.5, 0.6) is 0 Å². The number of carbonyl (C=O) groups excluding carboxylic acids is 5. The Balaban J connectivity index is 1.15. The second kappa shape index (κ2) is 19.8. The van der Waals surface area contributed by atoms with Gasteiger partial charge < -0.3 is 63.9 Å². The molecule has 62 heavy (non-hydrogen) atoms. The number of benzene rings is 2. The molecule has 4 aliphatic rings. The summed E-state index contributed by atoms with van der Waals surface area (Å²) in [6.07, 6.45) is -5.01. The van der Waals surface area contributed by atoms with Gasteiger partial charge >= 0.3 is 13.3 Å². The molecule has 1 unspecified atom stereocenters. The second-order valence-electron chi connectivity index (χ2n) is 17.2. The van der Waals surface area contributed by atoms with Gasteiger partial charge in [-0.25, -0.2) is 0 Å². The van der Waals surface area contributed by atoms with Crippen LogP contribution in [0.3, 0.4) is 0 Å². The predicted octanol–water partition coefficient (Wildman–Crippen LogP) is 0.369. The number of aliphatic hydroxyl groups excluding tert-OH is 1. The van der Waals surface area contributed by atoms with E-state index in [-0.39, 0.29) is 42.4 Å². The van der Waals surface area contributed by atoms with Gasteiger partial charge in [0.25, 0.3) is 11.8 Å². The number of rotatable bonds is 19. The molecule has 1 aliphatic heterocycles. The first-order valence-electron chi connectivity index (χ1n) is 20.8. The van der Waals surface area contributed by atoms with Gasteiger partial charge in [0.1, 0.15) is 24.2 Å². The smallest absolute Gasteiger partial charge is 0.403 e. The first-order chi connectivity index (χ1) is 29.1. The molecule has 17 nitrogen and oxygen atoms in total. The lowest BCUT2D eigenvalue weighted by Gasteiger charge is -2.64. The van der Waals surface area contributed by atoms with E-state index in [0.717, 1.165) is 25.0 Å². The van der Waals surface area contributed by atoms with Crippen LogP contribution < -0.4 is 49.5 Å². The molecule has 14 N–H and O–H groups in total. The fourth-order valence-electron chi connectivity index (χ4n) is 8.72. The summed E-state index contributed by atoms with van der Waals surface area (Å²) in [6, 6.07) is 5.25. The Labute approximate surface area is 358 Å². The Morgan fingerprint density at radius 3 is 1.95 bits per heavy atom. The molecular formula is C41H59BF3N9O8.